The number of fused-ring (bicyclic) bond motifs is 4. The van der Waals surface area contributed by atoms with E-state index in [1.54, 1.807) is 10.8 Å². The normalized spacial score (nSPS) is 18.8. The SMILES string of the molecule is Cc1cc(-c2nc(N)c3nc(N4CC5CC4CN5)ccc3n2)ccc1Cc1ccn2ncnc2c1.Cl. The highest BCUT2D eigenvalue weighted by molar-refractivity contribution is 5.87. The Morgan fingerprint density at radius 1 is 1.08 bits per heavy atom. The average molecular weight is 500 g/mol. The van der Waals surface area contributed by atoms with Crippen molar-refractivity contribution in [3.63, 3.8) is 0 Å². The predicted octanol–water partition coefficient (Wildman–Crippen LogP) is 3.19. The second-order valence-electron chi connectivity index (χ2n) is 9.53. The summed E-state index contributed by atoms with van der Waals surface area (Å²) < 4.78 is 1.77. The summed E-state index contributed by atoms with van der Waals surface area (Å²) in [5.41, 5.74) is 13.2. The molecule has 0 amide bonds. The molecule has 2 aliphatic heterocycles. The van der Waals surface area contributed by atoms with Crippen molar-refractivity contribution in [1.82, 2.24) is 34.9 Å². The highest BCUT2D eigenvalue weighted by Gasteiger charge is 2.38. The average Bonchev–Trinajstić information content (AvgIpc) is 3.62. The van der Waals surface area contributed by atoms with Crippen molar-refractivity contribution in [2.45, 2.75) is 31.8 Å². The molecule has 2 saturated heterocycles. The number of piperazine rings is 1. The van der Waals surface area contributed by atoms with E-state index in [4.69, 9.17) is 15.7 Å². The second kappa shape index (κ2) is 8.69. The standard InChI is InChI=1S/C26H25N9.ClH/c1-15-8-18(3-2-17(15)9-16-6-7-35-23(10-16)29-14-30-35)26-31-21-4-5-22(32-24(21)25(27)33-26)34-13-19-11-20(34)12-28-19;/h2-8,10,14,19-20,28H,9,11-13H2,1H3,(H2,27,31,33);1H. The van der Waals surface area contributed by atoms with Gasteiger partial charge in [-0.2, -0.15) is 5.10 Å². The summed E-state index contributed by atoms with van der Waals surface area (Å²) in [4.78, 5) is 20.9. The Hall–Kier alpha value is -3.82. The zero-order chi connectivity index (χ0) is 23.5. The summed E-state index contributed by atoms with van der Waals surface area (Å²) in [7, 11) is 0. The number of rotatable bonds is 4. The fraction of sp³-hybridized carbons (Fsp3) is 0.269. The lowest BCUT2D eigenvalue weighted by molar-refractivity contribution is 0.577. The highest BCUT2D eigenvalue weighted by atomic mass is 35.5. The minimum atomic E-state index is 0. The lowest BCUT2D eigenvalue weighted by Crippen LogP contribution is -2.44. The van der Waals surface area contributed by atoms with E-state index in [1.165, 1.54) is 23.1 Å². The van der Waals surface area contributed by atoms with Gasteiger partial charge in [-0.05, 0) is 66.8 Å². The number of hydrogen-bond donors (Lipinski definition) is 2. The number of nitrogen functional groups attached to an aromatic ring is 1. The monoisotopic (exact) mass is 499 g/mol. The van der Waals surface area contributed by atoms with Crippen molar-refractivity contribution in [2.24, 2.45) is 0 Å². The number of nitrogens with one attached hydrogen (secondary N) is 1. The van der Waals surface area contributed by atoms with Gasteiger partial charge in [-0.3, -0.25) is 0 Å². The molecular weight excluding hydrogens is 474 g/mol. The molecule has 36 heavy (non-hydrogen) atoms. The molecule has 6 heterocycles. The van der Waals surface area contributed by atoms with Crippen LogP contribution in [0.3, 0.4) is 0 Å². The summed E-state index contributed by atoms with van der Waals surface area (Å²) in [5.74, 6) is 1.99. The highest BCUT2D eigenvalue weighted by Crippen LogP contribution is 2.31. The van der Waals surface area contributed by atoms with Gasteiger partial charge in [0.15, 0.2) is 17.3 Å². The van der Waals surface area contributed by atoms with Gasteiger partial charge in [-0.1, -0.05) is 12.1 Å². The van der Waals surface area contributed by atoms with Gasteiger partial charge < -0.3 is 16.0 Å². The molecule has 10 heteroatoms. The number of aromatic nitrogens is 6. The Balaban J connectivity index is 0.00000240. The third-order valence-corrected chi connectivity index (χ3v) is 7.25. The van der Waals surface area contributed by atoms with E-state index < -0.39 is 0 Å². The topological polar surface area (TPSA) is 110 Å². The molecule has 2 unspecified atom stereocenters. The first kappa shape index (κ1) is 22.6. The Morgan fingerprint density at radius 2 is 2.00 bits per heavy atom. The summed E-state index contributed by atoms with van der Waals surface area (Å²) in [6, 6.07) is 15.6. The molecular formula is C26H26ClN9. The van der Waals surface area contributed by atoms with Gasteiger partial charge in [0, 0.05) is 36.9 Å². The van der Waals surface area contributed by atoms with Crippen molar-refractivity contribution in [2.75, 3.05) is 23.7 Å². The zero-order valence-corrected chi connectivity index (χ0v) is 20.6. The van der Waals surface area contributed by atoms with Gasteiger partial charge in [-0.25, -0.2) is 24.5 Å². The van der Waals surface area contributed by atoms with E-state index in [2.05, 4.69) is 68.6 Å². The van der Waals surface area contributed by atoms with Crippen LogP contribution in [-0.2, 0) is 6.42 Å². The number of halogens is 1. The summed E-state index contributed by atoms with van der Waals surface area (Å²) >= 11 is 0. The molecule has 2 atom stereocenters. The fourth-order valence-electron chi connectivity index (χ4n) is 5.38. The van der Waals surface area contributed by atoms with Crippen LogP contribution < -0.4 is 16.0 Å². The first-order chi connectivity index (χ1) is 17.1. The Bertz CT molecular complexity index is 1600. The molecule has 3 N–H and O–H groups in total. The molecule has 5 aromatic rings. The largest absolute Gasteiger partial charge is 0.382 e. The van der Waals surface area contributed by atoms with Crippen LogP contribution in [0.15, 0.2) is 55.0 Å². The van der Waals surface area contributed by atoms with Crippen molar-refractivity contribution in [1.29, 1.82) is 0 Å². The molecule has 1 aromatic carbocycles. The van der Waals surface area contributed by atoms with Crippen LogP contribution in [0.1, 0.15) is 23.1 Å². The first-order valence-corrected chi connectivity index (χ1v) is 11.9. The zero-order valence-electron chi connectivity index (χ0n) is 19.8. The molecule has 7 rings (SSSR count). The van der Waals surface area contributed by atoms with E-state index in [0.29, 0.717) is 29.2 Å². The van der Waals surface area contributed by atoms with E-state index in [1.807, 2.05) is 12.3 Å². The summed E-state index contributed by atoms with van der Waals surface area (Å²) in [6.45, 7) is 4.12. The number of nitrogens with zero attached hydrogens (tertiary/aromatic N) is 7. The number of benzene rings is 1. The minimum absolute atomic E-state index is 0. The molecule has 9 nitrogen and oxygen atoms in total. The van der Waals surface area contributed by atoms with Crippen molar-refractivity contribution < 1.29 is 0 Å². The van der Waals surface area contributed by atoms with Gasteiger partial charge >= 0.3 is 0 Å². The van der Waals surface area contributed by atoms with E-state index in [-0.39, 0.29) is 12.4 Å². The molecule has 0 spiro atoms. The van der Waals surface area contributed by atoms with E-state index >= 15 is 0 Å². The van der Waals surface area contributed by atoms with Crippen LogP contribution in [0.2, 0.25) is 0 Å². The maximum atomic E-state index is 6.39. The van der Waals surface area contributed by atoms with Gasteiger partial charge in [0.05, 0.1) is 5.52 Å². The predicted molar refractivity (Wildman–Crippen MR) is 143 cm³/mol. The van der Waals surface area contributed by atoms with Gasteiger partial charge in [-0.15, -0.1) is 12.4 Å². The smallest absolute Gasteiger partial charge is 0.162 e. The molecule has 2 bridgehead atoms. The molecule has 2 aliphatic rings. The number of pyridine rings is 2. The molecule has 4 aromatic heterocycles. The number of hydrogen-bond acceptors (Lipinski definition) is 8. The third kappa shape index (κ3) is 3.81. The fourth-order valence-corrected chi connectivity index (χ4v) is 5.38. The number of anilines is 2. The summed E-state index contributed by atoms with van der Waals surface area (Å²) in [6.07, 6.45) is 5.50. The van der Waals surface area contributed by atoms with E-state index in [9.17, 15) is 0 Å². The number of nitrogens with two attached hydrogens (primary N) is 1. The first-order valence-electron chi connectivity index (χ1n) is 11.9. The maximum absolute atomic E-state index is 6.39. The molecule has 2 fully saturated rings. The molecule has 182 valence electrons. The molecule has 0 aliphatic carbocycles. The molecule has 0 saturated carbocycles. The minimum Gasteiger partial charge on any atom is -0.382 e. The van der Waals surface area contributed by atoms with Gasteiger partial charge in [0.25, 0.3) is 0 Å². The van der Waals surface area contributed by atoms with Gasteiger partial charge in [0.1, 0.15) is 17.7 Å². The lowest BCUT2D eigenvalue weighted by atomic mass is 9.99. The van der Waals surface area contributed by atoms with Crippen LogP contribution >= 0.6 is 12.4 Å². The van der Waals surface area contributed by atoms with Crippen LogP contribution in [0.25, 0.3) is 28.1 Å². The maximum Gasteiger partial charge on any atom is 0.162 e. The number of aryl methyl sites for hydroxylation is 1. The van der Waals surface area contributed by atoms with Crippen molar-refractivity contribution >= 4 is 40.7 Å². The van der Waals surface area contributed by atoms with Crippen molar-refractivity contribution in [3.8, 4) is 11.4 Å². The van der Waals surface area contributed by atoms with Crippen LogP contribution in [0.4, 0.5) is 11.6 Å². The Kier molecular flexibility index (Phi) is 5.46. The summed E-state index contributed by atoms with van der Waals surface area (Å²) in [5, 5.41) is 7.70. The van der Waals surface area contributed by atoms with Crippen molar-refractivity contribution in [3.05, 3.63) is 71.7 Å². The van der Waals surface area contributed by atoms with Gasteiger partial charge in [0.2, 0.25) is 0 Å². The molecule has 0 radical (unpaired) electrons. The second-order valence-corrected chi connectivity index (χ2v) is 9.53. The third-order valence-electron chi connectivity index (χ3n) is 7.25. The van der Waals surface area contributed by atoms with Crippen LogP contribution in [0, 0.1) is 6.92 Å². The van der Waals surface area contributed by atoms with Crippen LogP contribution in [-0.4, -0.2) is 54.7 Å². The Labute approximate surface area is 214 Å². The van der Waals surface area contributed by atoms with Crippen LogP contribution in [0.5, 0.6) is 0 Å². The Morgan fingerprint density at radius 3 is 2.81 bits per heavy atom. The quantitative estimate of drug-likeness (QED) is 0.388. The van der Waals surface area contributed by atoms with E-state index in [0.717, 1.165) is 42.1 Å². The lowest BCUT2D eigenvalue weighted by Gasteiger charge is -2.28.